The molecule has 0 saturated heterocycles. The Morgan fingerprint density at radius 3 is 2.85 bits per heavy atom. The van der Waals surface area contributed by atoms with Gasteiger partial charge in [-0.15, -0.1) is 11.3 Å². The van der Waals surface area contributed by atoms with Crippen molar-refractivity contribution in [2.24, 2.45) is 7.05 Å². The largest absolute Gasteiger partial charge is 0.375 e. The highest BCUT2D eigenvalue weighted by Gasteiger charge is 2.16. The monoisotopic (exact) mass is 366 g/mol. The fourth-order valence-corrected chi connectivity index (χ4v) is 3.42. The summed E-state index contributed by atoms with van der Waals surface area (Å²) in [7, 11) is 1.88. The molecule has 0 atom stereocenters. The molecular weight excluding hydrogens is 348 g/mol. The van der Waals surface area contributed by atoms with Gasteiger partial charge < -0.3 is 11.1 Å². The third-order valence-corrected chi connectivity index (χ3v) is 4.72. The van der Waals surface area contributed by atoms with Crippen molar-refractivity contribution in [1.29, 1.82) is 0 Å². The van der Waals surface area contributed by atoms with Crippen molar-refractivity contribution in [2.75, 3.05) is 17.6 Å². The number of thiazole rings is 1. The van der Waals surface area contributed by atoms with Gasteiger partial charge in [0.15, 0.2) is 16.6 Å². The number of hydrogen-bond donors (Lipinski definition) is 2. The van der Waals surface area contributed by atoms with Gasteiger partial charge in [-0.3, -0.25) is 9.67 Å². The summed E-state index contributed by atoms with van der Waals surface area (Å²) >= 11 is 1.45. The van der Waals surface area contributed by atoms with E-state index in [4.69, 9.17) is 10.7 Å². The van der Waals surface area contributed by atoms with E-state index in [0.717, 1.165) is 40.4 Å². The molecule has 0 saturated carbocycles. The van der Waals surface area contributed by atoms with Crippen LogP contribution in [0.25, 0.3) is 22.6 Å². The number of aryl methyl sites for hydroxylation is 2. The quantitative estimate of drug-likeness (QED) is 0.558. The van der Waals surface area contributed by atoms with Crippen molar-refractivity contribution in [3.05, 3.63) is 41.2 Å². The minimum atomic E-state index is 0.571. The van der Waals surface area contributed by atoms with Gasteiger partial charge in [0.1, 0.15) is 11.5 Å². The second-order valence-electron chi connectivity index (χ2n) is 5.87. The first-order valence-corrected chi connectivity index (χ1v) is 9.06. The molecule has 0 spiro atoms. The van der Waals surface area contributed by atoms with Crippen molar-refractivity contribution in [3.8, 4) is 11.5 Å². The molecule has 4 rings (SSSR count). The summed E-state index contributed by atoms with van der Waals surface area (Å²) in [6.07, 6.45) is 2.49. The maximum Gasteiger partial charge on any atom is 0.182 e. The van der Waals surface area contributed by atoms with Crippen LogP contribution < -0.4 is 11.1 Å². The molecule has 8 nitrogen and oxygen atoms in total. The maximum atomic E-state index is 5.69. The zero-order chi connectivity index (χ0) is 18.1. The predicted molar refractivity (Wildman–Crippen MR) is 103 cm³/mol. The summed E-state index contributed by atoms with van der Waals surface area (Å²) < 4.78 is 1.77. The van der Waals surface area contributed by atoms with Gasteiger partial charge in [-0.25, -0.2) is 15.0 Å². The number of aromatic nitrogens is 6. The number of fused-ring (bicyclic) bond motifs is 1. The van der Waals surface area contributed by atoms with Gasteiger partial charge in [0.05, 0.1) is 16.8 Å². The number of anilines is 2. The zero-order valence-electron chi connectivity index (χ0n) is 14.5. The molecule has 0 aliphatic carbocycles. The predicted octanol–water partition coefficient (Wildman–Crippen LogP) is 2.43. The Bertz CT molecular complexity index is 1050. The Morgan fingerprint density at radius 2 is 2.12 bits per heavy atom. The standard InChI is InChI=1S/C17H18N8S/c1-10-13-15(20-8-6-11-9-26-17(18)21-11)22-14(12-5-3-4-7-19-12)23-16(13)25(2)24-10/h3-5,7,9H,6,8H2,1-2H3,(H2,18,21)(H,20,22,23). The molecule has 0 unspecified atom stereocenters. The second kappa shape index (κ2) is 6.68. The number of nitrogens with one attached hydrogen (secondary N) is 1. The summed E-state index contributed by atoms with van der Waals surface area (Å²) in [5, 5.41) is 11.4. The molecule has 0 aromatic carbocycles. The Balaban J connectivity index is 1.69. The number of pyridine rings is 1. The van der Waals surface area contributed by atoms with E-state index in [1.165, 1.54) is 11.3 Å². The molecule has 26 heavy (non-hydrogen) atoms. The average Bonchev–Trinajstić information content (AvgIpc) is 3.18. The SMILES string of the molecule is Cc1nn(C)c2nc(-c3ccccn3)nc(NCCc3csc(N)n3)c12. The van der Waals surface area contributed by atoms with Crippen molar-refractivity contribution < 1.29 is 0 Å². The molecule has 0 fully saturated rings. The van der Waals surface area contributed by atoms with Gasteiger partial charge in [0.25, 0.3) is 0 Å². The molecule has 3 N–H and O–H groups in total. The number of nitrogen functional groups attached to an aromatic ring is 1. The first-order chi connectivity index (χ1) is 12.6. The van der Waals surface area contributed by atoms with E-state index in [1.807, 2.05) is 37.6 Å². The second-order valence-corrected chi connectivity index (χ2v) is 6.76. The van der Waals surface area contributed by atoms with Crippen LogP contribution in [0.5, 0.6) is 0 Å². The highest BCUT2D eigenvalue weighted by Crippen LogP contribution is 2.26. The molecule has 0 amide bonds. The first-order valence-electron chi connectivity index (χ1n) is 8.18. The van der Waals surface area contributed by atoms with Crippen molar-refractivity contribution in [2.45, 2.75) is 13.3 Å². The van der Waals surface area contributed by atoms with Gasteiger partial charge >= 0.3 is 0 Å². The summed E-state index contributed by atoms with van der Waals surface area (Å²) in [6, 6.07) is 5.69. The fourth-order valence-electron chi connectivity index (χ4n) is 2.82. The van der Waals surface area contributed by atoms with E-state index in [9.17, 15) is 0 Å². The van der Waals surface area contributed by atoms with E-state index in [2.05, 4.69) is 25.4 Å². The number of nitrogens with two attached hydrogens (primary N) is 1. The van der Waals surface area contributed by atoms with E-state index in [-0.39, 0.29) is 0 Å². The molecule has 4 aromatic heterocycles. The molecular formula is C17H18N8S. The minimum Gasteiger partial charge on any atom is -0.375 e. The van der Waals surface area contributed by atoms with Gasteiger partial charge in [-0.2, -0.15) is 5.10 Å². The van der Waals surface area contributed by atoms with E-state index in [0.29, 0.717) is 17.5 Å². The van der Waals surface area contributed by atoms with Crippen LogP contribution in [0.15, 0.2) is 29.8 Å². The van der Waals surface area contributed by atoms with Gasteiger partial charge in [-0.1, -0.05) is 6.07 Å². The van der Waals surface area contributed by atoms with E-state index >= 15 is 0 Å². The number of rotatable bonds is 5. The summed E-state index contributed by atoms with van der Waals surface area (Å²) in [6.45, 7) is 2.64. The van der Waals surface area contributed by atoms with Crippen molar-refractivity contribution >= 4 is 33.3 Å². The molecule has 4 aromatic rings. The van der Waals surface area contributed by atoms with Crippen LogP contribution >= 0.6 is 11.3 Å². The fraction of sp³-hybridized carbons (Fsp3) is 0.235. The third kappa shape index (κ3) is 3.08. The van der Waals surface area contributed by atoms with Crippen LogP contribution in [0.4, 0.5) is 10.9 Å². The summed E-state index contributed by atoms with van der Waals surface area (Å²) in [5.74, 6) is 1.32. The van der Waals surface area contributed by atoms with Crippen molar-refractivity contribution in [3.63, 3.8) is 0 Å². The smallest absolute Gasteiger partial charge is 0.182 e. The Hall–Kier alpha value is -3.07. The molecule has 0 bridgehead atoms. The average molecular weight is 366 g/mol. The third-order valence-electron chi connectivity index (χ3n) is 4.00. The van der Waals surface area contributed by atoms with Crippen LogP contribution in [0.1, 0.15) is 11.4 Å². The van der Waals surface area contributed by atoms with Gasteiger partial charge in [-0.05, 0) is 19.1 Å². The van der Waals surface area contributed by atoms with Crippen LogP contribution in [0.3, 0.4) is 0 Å². The topological polar surface area (TPSA) is 107 Å². The Kier molecular flexibility index (Phi) is 4.21. The molecule has 9 heteroatoms. The highest BCUT2D eigenvalue weighted by atomic mass is 32.1. The molecule has 0 radical (unpaired) electrons. The Morgan fingerprint density at radius 1 is 1.23 bits per heavy atom. The zero-order valence-corrected chi connectivity index (χ0v) is 15.3. The highest BCUT2D eigenvalue weighted by molar-refractivity contribution is 7.13. The molecule has 132 valence electrons. The number of hydrogen-bond acceptors (Lipinski definition) is 8. The maximum absolute atomic E-state index is 5.69. The lowest BCUT2D eigenvalue weighted by Crippen LogP contribution is -2.09. The molecule has 4 heterocycles. The van der Waals surface area contributed by atoms with Crippen LogP contribution in [0, 0.1) is 6.92 Å². The van der Waals surface area contributed by atoms with Gasteiger partial charge in [0.2, 0.25) is 0 Å². The first kappa shape index (κ1) is 16.4. The molecule has 0 aliphatic rings. The van der Waals surface area contributed by atoms with Gasteiger partial charge in [0, 0.05) is 31.6 Å². The van der Waals surface area contributed by atoms with Crippen LogP contribution in [0.2, 0.25) is 0 Å². The lowest BCUT2D eigenvalue weighted by molar-refractivity contribution is 0.773. The molecule has 0 aliphatic heterocycles. The summed E-state index contributed by atoms with van der Waals surface area (Å²) in [5.41, 5.74) is 9.05. The summed E-state index contributed by atoms with van der Waals surface area (Å²) in [4.78, 5) is 18.0. The van der Waals surface area contributed by atoms with Crippen LogP contribution in [-0.4, -0.2) is 36.3 Å². The van der Waals surface area contributed by atoms with Crippen LogP contribution in [-0.2, 0) is 13.5 Å². The van der Waals surface area contributed by atoms with E-state index < -0.39 is 0 Å². The minimum absolute atomic E-state index is 0.571. The number of nitrogens with zero attached hydrogens (tertiary/aromatic N) is 6. The van der Waals surface area contributed by atoms with Crippen molar-refractivity contribution in [1.82, 2.24) is 29.7 Å². The normalized spacial score (nSPS) is 11.2. The lowest BCUT2D eigenvalue weighted by Gasteiger charge is -2.09. The van der Waals surface area contributed by atoms with E-state index in [1.54, 1.807) is 10.9 Å². The lowest BCUT2D eigenvalue weighted by atomic mass is 10.2. The Labute approximate surface area is 154 Å².